The Kier molecular flexibility index (Phi) is 7.84. The minimum atomic E-state index is -0.432. The second kappa shape index (κ2) is 10.1. The van der Waals surface area contributed by atoms with E-state index in [1.807, 2.05) is 30.3 Å². The van der Waals surface area contributed by atoms with E-state index in [1.54, 1.807) is 6.92 Å². The number of hydrogen-bond donors (Lipinski definition) is 1. The van der Waals surface area contributed by atoms with Crippen molar-refractivity contribution in [3.05, 3.63) is 54.1 Å². The zero-order valence-electron chi connectivity index (χ0n) is 15.0. The highest BCUT2D eigenvalue weighted by atomic mass is 16.5. The van der Waals surface area contributed by atoms with Crippen molar-refractivity contribution >= 4 is 0 Å². The SMILES string of the molecule is CCCCCCCCOc1ccccc1-c1ccc(C(C)O)cc1. The average molecular weight is 326 g/mol. The van der Waals surface area contributed by atoms with E-state index in [0.717, 1.165) is 35.5 Å². The Morgan fingerprint density at radius 2 is 1.54 bits per heavy atom. The number of hydrogen-bond acceptors (Lipinski definition) is 2. The minimum absolute atomic E-state index is 0.432. The normalized spacial score (nSPS) is 12.1. The lowest BCUT2D eigenvalue weighted by Gasteiger charge is -2.12. The summed E-state index contributed by atoms with van der Waals surface area (Å²) in [6, 6.07) is 16.2. The first-order valence-electron chi connectivity index (χ1n) is 9.22. The molecule has 2 rings (SSSR count). The van der Waals surface area contributed by atoms with Crippen LogP contribution < -0.4 is 4.74 Å². The Morgan fingerprint density at radius 1 is 0.875 bits per heavy atom. The molecule has 2 nitrogen and oxygen atoms in total. The van der Waals surface area contributed by atoms with Gasteiger partial charge < -0.3 is 9.84 Å². The average Bonchev–Trinajstić information content (AvgIpc) is 2.61. The van der Waals surface area contributed by atoms with Crippen LogP contribution in [0, 0.1) is 0 Å². The van der Waals surface area contributed by atoms with Gasteiger partial charge in [0.05, 0.1) is 12.7 Å². The molecule has 0 radical (unpaired) electrons. The van der Waals surface area contributed by atoms with Crippen molar-refractivity contribution < 1.29 is 9.84 Å². The Morgan fingerprint density at radius 3 is 2.25 bits per heavy atom. The predicted molar refractivity (Wildman–Crippen MR) is 101 cm³/mol. The number of para-hydroxylation sites is 1. The van der Waals surface area contributed by atoms with Crippen LogP contribution >= 0.6 is 0 Å². The smallest absolute Gasteiger partial charge is 0.127 e. The molecule has 1 N–H and O–H groups in total. The van der Waals surface area contributed by atoms with Crippen LogP contribution in [0.1, 0.15) is 64.0 Å². The maximum atomic E-state index is 9.64. The van der Waals surface area contributed by atoms with Crippen LogP contribution in [0.3, 0.4) is 0 Å². The van der Waals surface area contributed by atoms with Gasteiger partial charge in [-0.25, -0.2) is 0 Å². The van der Waals surface area contributed by atoms with Gasteiger partial charge in [-0.05, 0) is 30.5 Å². The molecule has 2 aromatic rings. The van der Waals surface area contributed by atoms with Crippen molar-refractivity contribution in [3.8, 4) is 16.9 Å². The summed E-state index contributed by atoms with van der Waals surface area (Å²) in [5, 5.41) is 9.64. The van der Waals surface area contributed by atoms with Gasteiger partial charge in [0.1, 0.15) is 5.75 Å². The molecule has 1 atom stereocenters. The van der Waals surface area contributed by atoms with Crippen LogP contribution in [-0.4, -0.2) is 11.7 Å². The zero-order valence-corrected chi connectivity index (χ0v) is 15.0. The first kappa shape index (κ1) is 18.5. The standard InChI is InChI=1S/C22H30O2/c1-3-4-5-6-7-10-17-24-22-12-9-8-11-21(22)20-15-13-19(14-16-20)18(2)23/h8-9,11-16,18,23H,3-7,10,17H2,1-2H3. The van der Waals surface area contributed by atoms with Gasteiger partial charge in [0.2, 0.25) is 0 Å². The molecule has 0 aromatic heterocycles. The van der Waals surface area contributed by atoms with Crippen molar-refractivity contribution in [2.24, 2.45) is 0 Å². The molecule has 0 spiro atoms. The van der Waals surface area contributed by atoms with E-state index in [4.69, 9.17) is 4.74 Å². The lowest BCUT2D eigenvalue weighted by Crippen LogP contribution is -1.99. The van der Waals surface area contributed by atoms with Gasteiger partial charge in [-0.15, -0.1) is 0 Å². The summed E-state index contributed by atoms with van der Waals surface area (Å²) in [7, 11) is 0. The number of unbranched alkanes of at least 4 members (excludes halogenated alkanes) is 5. The third-order valence-electron chi connectivity index (χ3n) is 4.35. The molecule has 0 heterocycles. The van der Waals surface area contributed by atoms with E-state index in [-0.39, 0.29) is 0 Å². The topological polar surface area (TPSA) is 29.5 Å². The molecule has 130 valence electrons. The lowest BCUT2D eigenvalue weighted by atomic mass is 10.0. The lowest BCUT2D eigenvalue weighted by molar-refractivity contribution is 0.199. The quantitative estimate of drug-likeness (QED) is 0.531. The molecule has 0 bridgehead atoms. The van der Waals surface area contributed by atoms with Gasteiger partial charge >= 0.3 is 0 Å². The molecule has 0 aliphatic carbocycles. The maximum Gasteiger partial charge on any atom is 0.127 e. The second-order valence-electron chi connectivity index (χ2n) is 6.41. The van der Waals surface area contributed by atoms with E-state index in [1.165, 1.54) is 32.1 Å². The van der Waals surface area contributed by atoms with E-state index >= 15 is 0 Å². The van der Waals surface area contributed by atoms with E-state index < -0.39 is 6.10 Å². The maximum absolute atomic E-state index is 9.64. The first-order valence-corrected chi connectivity index (χ1v) is 9.22. The first-order chi connectivity index (χ1) is 11.7. The van der Waals surface area contributed by atoms with Crippen LogP contribution in [0.5, 0.6) is 5.75 Å². The summed E-state index contributed by atoms with van der Waals surface area (Å²) in [6.45, 7) is 4.80. The molecular formula is C22H30O2. The van der Waals surface area contributed by atoms with Crippen molar-refractivity contribution in [2.75, 3.05) is 6.61 Å². The zero-order chi connectivity index (χ0) is 17.2. The van der Waals surface area contributed by atoms with Gasteiger partial charge in [-0.2, -0.15) is 0 Å². The molecule has 1 unspecified atom stereocenters. The predicted octanol–water partition coefficient (Wildman–Crippen LogP) is 6.15. The minimum Gasteiger partial charge on any atom is -0.493 e. The number of rotatable bonds is 10. The fourth-order valence-corrected chi connectivity index (χ4v) is 2.84. The van der Waals surface area contributed by atoms with Crippen molar-refractivity contribution in [1.82, 2.24) is 0 Å². The van der Waals surface area contributed by atoms with Crippen LogP contribution in [0.15, 0.2) is 48.5 Å². The Hall–Kier alpha value is -1.80. The molecule has 0 aliphatic rings. The van der Waals surface area contributed by atoms with Crippen LogP contribution in [-0.2, 0) is 0 Å². The Balaban J connectivity index is 1.92. The number of aliphatic hydroxyl groups excluding tert-OH is 1. The molecule has 0 fully saturated rings. The summed E-state index contributed by atoms with van der Waals surface area (Å²) in [5.41, 5.74) is 3.17. The molecule has 0 amide bonds. The highest BCUT2D eigenvalue weighted by Crippen LogP contribution is 2.30. The van der Waals surface area contributed by atoms with Crippen molar-refractivity contribution in [1.29, 1.82) is 0 Å². The molecule has 2 heteroatoms. The monoisotopic (exact) mass is 326 g/mol. The molecule has 2 aromatic carbocycles. The number of ether oxygens (including phenoxy) is 1. The fraction of sp³-hybridized carbons (Fsp3) is 0.455. The second-order valence-corrected chi connectivity index (χ2v) is 6.41. The van der Waals surface area contributed by atoms with Crippen molar-refractivity contribution in [3.63, 3.8) is 0 Å². The molecule has 0 saturated heterocycles. The summed E-state index contributed by atoms with van der Waals surface area (Å²) >= 11 is 0. The largest absolute Gasteiger partial charge is 0.493 e. The fourth-order valence-electron chi connectivity index (χ4n) is 2.84. The summed E-state index contributed by atoms with van der Waals surface area (Å²) in [5.74, 6) is 0.941. The highest BCUT2D eigenvalue weighted by Gasteiger charge is 2.07. The molecule has 0 saturated carbocycles. The summed E-state index contributed by atoms with van der Waals surface area (Å²) in [6.07, 6.45) is 7.19. The Labute approximate surface area is 146 Å². The molecular weight excluding hydrogens is 296 g/mol. The highest BCUT2D eigenvalue weighted by molar-refractivity contribution is 5.70. The van der Waals surface area contributed by atoms with Gasteiger partial charge in [0.15, 0.2) is 0 Å². The van der Waals surface area contributed by atoms with Crippen LogP contribution in [0.4, 0.5) is 0 Å². The van der Waals surface area contributed by atoms with E-state index in [9.17, 15) is 5.11 Å². The summed E-state index contributed by atoms with van der Waals surface area (Å²) < 4.78 is 6.03. The van der Waals surface area contributed by atoms with E-state index in [2.05, 4.69) is 25.1 Å². The molecule has 0 aliphatic heterocycles. The van der Waals surface area contributed by atoms with Crippen LogP contribution in [0.25, 0.3) is 11.1 Å². The van der Waals surface area contributed by atoms with Gasteiger partial charge in [-0.3, -0.25) is 0 Å². The summed E-state index contributed by atoms with van der Waals surface area (Å²) in [4.78, 5) is 0. The van der Waals surface area contributed by atoms with Crippen LogP contribution in [0.2, 0.25) is 0 Å². The van der Waals surface area contributed by atoms with Gasteiger partial charge in [-0.1, -0.05) is 81.5 Å². The Bertz CT molecular complexity index is 587. The molecule has 24 heavy (non-hydrogen) atoms. The number of benzene rings is 2. The third kappa shape index (κ3) is 5.68. The van der Waals surface area contributed by atoms with Gasteiger partial charge in [0.25, 0.3) is 0 Å². The van der Waals surface area contributed by atoms with E-state index in [0.29, 0.717) is 0 Å². The van der Waals surface area contributed by atoms with Gasteiger partial charge in [0, 0.05) is 5.56 Å². The number of aliphatic hydroxyl groups is 1. The third-order valence-corrected chi connectivity index (χ3v) is 4.35. The van der Waals surface area contributed by atoms with Crippen molar-refractivity contribution in [2.45, 2.75) is 58.5 Å².